The van der Waals surface area contributed by atoms with Gasteiger partial charge in [-0.1, -0.05) is 0 Å². The van der Waals surface area contributed by atoms with Gasteiger partial charge in [0, 0.05) is 18.0 Å². The third-order valence-corrected chi connectivity index (χ3v) is 5.78. The van der Waals surface area contributed by atoms with Crippen molar-refractivity contribution in [3.8, 4) is 0 Å². The fraction of sp³-hybridized carbons (Fsp3) is 0.700. The van der Waals surface area contributed by atoms with Gasteiger partial charge in [-0.05, 0) is 26.8 Å². The van der Waals surface area contributed by atoms with Crippen LogP contribution in [0.5, 0.6) is 0 Å². The zero-order chi connectivity index (χ0) is 12.5. The molecule has 0 amide bonds. The summed E-state index contributed by atoms with van der Waals surface area (Å²) in [7, 11) is -1.27. The summed E-state index contributed by atoms with van der Waals surface area (Å²) in [4.78, 5) is 4.40. The molecule has 1 N–H and O–H groups in total. The summed E-state index contributed by atoms with van der Waals surface area (Å²) in [5.74, 6) is 0.240. The van der Waals surface area contributed by atoms with E-state index < -0.39 is 10.0 Å². The Balaban J connectivity index is 2.25. The summed E-state index contributed by atoms with van der Waals surface area (Å²) in [5, 5.41) is 5.61. The number of aromatic nitrogens is 1. The molecule has 1 fully saturated rings. The third kappa shape index (κ3) is 2.61. The highest BCUT2D eigenvalue weighted by molar-refractivity contribution is 7.93. The van der Waals surface area contributed by atoms with Gasteiger partial charge in [0.1, 0.15) is 0 Å². The summed E-state index contributed by atoms with van der Waals surface area (Å²) < 4.78 is 25.3. The van der Waals surface area contributed by atoms with Crippen LogP contribution in [0.2, 0.25) is 0 Å². The molecule has 2 rings (SSSR count). The topological polar surface area (TPSA) is 62.3 Å². The maximum atomic E-state index is 11.9. The first-order valence-corrected chi connectivity index (χ1v) is 8.16. The van der Waals surface area contributed by atoms with Crippen molar-refractivity contribution < 1.29 is 8.42 Å². The molecule has 0 aliphatic carbocycles. The Morgan fingerprint density at radius 1 is 1.53 bits per heavy atom. The molecule has 2 heterocycles. The molecule has 0 aromatic carbocycles. The summed E-state index contributed by atoms with van der Waals surface area (Å²) >= 11 is 1.40. The van der Waals surface area contributed by atoms with Gasteiger partial charge in [0.05, 0.1) is 11.4 Å². The lowest BCUT2D eigenvalue weighted by Crippen LogP contribution is -2.37. The lowest BCUT2D eigenvalue weighted by atomic mass is 10.3. The number of hydrogen-bond donors (Lipinski definition) is 1. The average Bonchev–Trinajstić information content (AvgIpc) is 2.76. The Bertz CT molecular complexity index is 483. The molecule has 0 saturated carbocycles. The Hall–Kier alpha value is -0.660. The molecule has 1 saturated heterocycles. The maximum Gasteiger partial charge on any atom is 0.236 e. The van der Waals surface area contributed by atoms with Crippen molar-refractivity contribution >= 4 is 26.5 Å². The van der Waals surface area contributed by atoms with E-state index in [2.05, 4.69) is 10.3 Å². The Kier molecular flexibility index (Phi) is 3.70. The van der Waals surface area contributed by atoms with Crippen LogP contribution in [0, 0.1) is 0 Å². The van der Waals surface area contributed by atoms with Gasteiger partial charge in [-0.2, -0.15) is 0 Å². The quantitative estimate of drug-likeness (QED) is 0.904. The van der Waals surface area contributed by atoms with E-state index in [1.165, 1.54) is 15.6 Å². The van der Waals surface area contributed by atoms with Crippen molar-refractivity contribution in [2.75, 3.05) is 23.7 Å². The normalized spacial score (nSPS) is 21.4. The van der Waals surface area contributed by atoms with E-state index in [9.17, 15) is 8.42 Å². The molecular weight excluding hydrogens is 258 g/mol. The van der Waals surface area contributed by atoms with Crippen LogP contribution in [0.25, 0.3) is 0 Å². The van der Waals surface area contributed by atoms with E-state index in [0.29, 0.717) is 11.7 Å². The minimum Gasteiger partial charge on any atom is -0.312 e. The van der Waals surface area contributed by atoms with E-state index in [0.717, 1.165) is 18.5 Å². The molecule has 1 aliphatic rings. The first-order chi connectivity index (χ1) is 8.04. The molecule has 0 bridgehead atoms. The number of rotatable bonds is 3. The molecule has 17 heavy (non-hydrogen) atoms. The minimum atomic E-state index is -3.13. The van der Waals surface area contributed by atoms with Crippen LogP contribution in [0.1, 0.15) is 31.5 Å². The largest absolute Gasteiger partial charge is 0.312 e. The number of thiazole rings is 1. The standard InChI is InChI=1S/C10H17N3O2S2/c1-8(11-2)9-7-16-10(12-9)13-5-3-4-6-17(13,14)15/h7-8,11H,3-6H2,1-2H3. The first-order valence-electron chi connectivity index (χ1n) is 5.67. The van der Waals surface area contributed by atoms with Crippen LogP contribution in [0.3, 0.4) is 0 Å². The lowest BCUT2D eigenvalue weighted by Gasteiger charge is -2.25. The molecule has 1 unspecified atom stereocenters. The van der Waals surface area contributed by atoms with Crippen LogP contribution in [0.15, 0.2) is 5.38 Å². The van der Waals surface area contributed by atoms with Gasteiger partial charge in [-0.25, -0.2) is 17.7 Å². The smallest absolute Gasteiger partial charge is 0.236 e. The summed E-state index contributed by atoms with van der Waals surface area (Å²) in [6, 6.07) is 0.146. The Morgan fingerprint density at radius 3 is 2.94 bits per heavy atom. The van der Waals surface area contributed by atoms with Gasteiger partial charge in [0.15, 0.2) is 5.13 Å². The maximum absolute atomic E-state index is 11.9. The second-order valence-corrected chi connectivity index (χ2v) is 7.01. The van der Waals surface area contributed by atoms with Crippen molar-refractivity contribution in [2.45, 2.75) is 25.8 Å². The summed E-state index contributed by atoms with van der Waals surface area (Å²) in [6.07, 6.45) is 1.67. The van der Waals surface area contributed by atoms with Gasteiger partial charge in [-0.3, -0.25) is 0 Å². The van der Waals surface area contributed by atoms with Crippen LogP contribution in [-0.2, 0) is 10.0 Å². The molecule has 5 nitrogen and oxygen atoms in total. The van der Waals surface area contributed by atoms with E-state index in [-0.39, 0.29) is 11.8 Å². The van der Waals surface area contributed by atoms with E-state index in [1.807, 2.05) is 19.4 Å². The highest BCUT2D eigenvalue weighted by atomic mass is 32.2. The van der Waals surface area contributed by atoms with Gasteiger partial charge in [0.25, 0.3) is 0 Å². The van der Waals surface area contributed by atoms with Crippen molar-refractivity contribution in [2.24, 2.45) is 0 Å². The van der Waals surface area contributed by atoms with Crippen LogP contribution in [0.4, 0.5) is 5.13 Å². The lowest BCUT2D eigenvalue weighted by molar-refractivity contribution is 0.573. The van der Waals surface area contributed by atoms with Gasteiger partial charge < -0.3 is 5.32 Å². The van der Waals surface area contributed by atoms with Gasteiger partial charge >= 0.3 is 0 Å². The number of nitrogens with zero attached hydrogens (tertiary/aromatic N) is 2. The van der Waals surface area contributed by atoms with E-state index in [1.54, 1.807) is 0 Å². The SMILES string of the molecule is CNC(C)c1csc(N2CCCCS2(=O)=O)n1. The zero-order valence-corrected chi connectivity index (χ0v) is 11.6. The molecule has 1 aliphatic heterocycles. The van der Waals surface area contributed by atoms with Crippen LogP contribution >= 0.6 is 11.3 Å². The number of nitrogens with one attached hydrogen (secondary N) is 1. The predicted molar refractivity (Wildman–Crippen MR) is 70.0 cm³/mol. The molecule has 7 heteroatoms. The van der Waals surface area contributed by atoms with Crippen molar-refractivity contribution in [3.05, 3.63) is 11.1 Å². The predicted octanol–water partition coefficient (Wildman–Crippen LogP) is 1.35. The second kappa shape index (κ2) is 4.91. The average molecular weight is 275 g/mol. The fourth-order valence-corrected chi connectivity index (χ4v) is 4.54. The van der Waals surface area contributed by atoms with Crippen LogP contribution < -0.4 is 9.62 Å². The van der Waals surface area contributed by atoms with Crippen LogP contribution in [-0.4, -0.2) is 32.7 Å². The monoisotopic (exact) mass is 275 g/mol. The molecule has 1 aromatic rings. The Labute approximate surface area is 106 Å². The van der Waals surface area contributed by atoms with Crippen molar-refractivity contribution in [1.82, 2.24) is 10.3 Å². The number of sulfonamides is 1. The minimum absolute atomic E-state index is 0.146. The molecule has 1 aromatic heterocycles. The summed E-state index contributed by atoms with van der Waals surface area (Å²) in [5.41, 5.74) is 0.897. The van der Waals surface area contributed by atoms with E-state index in [4.69, 9.17) is 0 Å². The molecule has 0 radical (unpaired) electrons. The second-order valence-electron chi connectivity index (χ2n) is 4.16. The number of hydrogen-bond acceptors (Lipinski definition) is 5. The molecule has 1 atom stereocenters. The fourth-order valence-electron chi connectivity index (χ4n) is 1.74. The van der Waals surface area contributed by atoms with Crippen molar-refractivity contribution in [3.63, 3.8) is 0 Å². The highest BCUT2D eigenvalue weighted by Gasteiger charge is 2.28. The molecule has 0 spiro atoms. The third-order valence-electron chi connectivity index (χ3n) is 2.95. The zero-order valence-electron chi connectivity index (χ0n) is 10.0. The highest BCUT2D eigenvalue weighted by Crippen LogP contribution is 2.28. The van der Waals surface area contributed by atoms with Gasteiger partial charge in [0.2, 0.25) is 10.0 Å². The van der Waals surface area contributed by atoms with Gasteiger partial charge in [-0.15, -0.1) is 11.3 Å². The van der Waals surface area contributed by atoms with E-state index >= 15 is 0 Å². The molecular formula is C10H17N3O2S2. The number of anilines is 1. The molecule has 96 valence electrons. The first kappa shape index (κ1) is 12.8. The van der Waals surface area contributed by atoms with Crippen molar-refractivity contribution in [1.29, 1.82) is 0 Å². The summed E-state index contributed by atoms with van der Waals surface area (Å²) in [6.45, 7) is 2.56. The Morgan fingerprint density at radius 2 is 2.29 bits per heavy atom.